The molecule has 1 fully saturated rings. The number of ether oxygens (including phenoxy) is 1. The molecule has 1 amide bonds. The van der Waals surface area contributed by atoms with E-state index in [0.29, 0.717) is 12.0 Å². The van der Waals surface area contributed by atoms with Crippen molar-refractivity contribution in [2.24, 2.45) is 5.41 Å². The van der Waals surface area contributed by atoms with E-state index in [9.17, 15) is 4.79 Å². The fourth-order valence-corrected chi connectivity index (χ4v) is 2.11. The highest BCUT2D eigenvalue weighted by atomic mass is 16.6. The lowest BCUT2D eigenvalue weighted by Gasteiger charge is -2.36. The van der Waals surface area contributed by atoms with Crippen molar-refractivity contribution in [1.82, 2.24) is 4.90 Å². The van der Waals surface area contributed by atoms with Crippen molar-refractivity contribution >= 4 is 6.09 Å². The van der Waals surface area contributed by atoms with Gasteiger partial charge in [0.05, 0.1) is 0 Å². The fraction of sp³-hybridized carbons (Fsp3) is 0.533. The standard InChI is InChI=1S/C15H21NO2/c1-15(2)8-10-16(11-9-15)14(17)18-12-13-6-4-3-5-7-13/h3-7H,8-12H2,1-2H3. The third kappa shape index (κ3) is 3.49. The van der Waals surface area contributed by atoms with E-state index in [0.717, 1.165) is 31.5 Å². The van der Waals surface area contributed by atoms with Crippen molar-refractivity contribution in [3.05, 3.63) is 35.9 Å². The quantitative estimate of drug-likeness (QED) is 0.801. The van der Waals surface area contributed by atoms with Crippen LogP contribution in [0, 0.1) is 5.41 Å². The summed E-state index contributed by atoms with van der Waals surface area (Å²) >= 11 is 0. The van der Waals surface area contributed by atoms with Gasteiger partial charge in [0.25, 0.3) is 0 Å². The lowest BCUT2D eigenvalue weighted by molar-refractivity contribution is 0.0705. The van der Waals surface area contributed by atoms with Crippen LogP contribution >= 0.6 is 0 Å². The maximum Gasteiger partial charge on any atom is 0.410 e. The minimum atomic E-state index is -0.186. The molecule has 0 atom stereocenters. The number of hydrogen-bond donors (Lipinski definition) is 0. The van der Waals surface area contributed by atoms with Crippen LogP contribution in [-0.4, -0.2) is 24.1 Å². The van der Waals surface area contributed by atoms with Gasteiger partial charge in [0.15, 0.2) is 0 Å². The zero-order chi connectivity index (χ0) is 13.0. The Morgan fingerprint density at radius 1 is 1.22 bits per heavy atom. The Morgan fingerprint density at radius 2 is 1.83 bits per heavy atom. The van der Waals surface area contributed by atoms with Crippen molar-refractivity contribution in [2.45, 2.75) is 33.3 Å². The number of nitrogens with zero attached hydrogens (tertiary/aromatic N) is 1. The van der Waals surface area contributed by atoms with Crippen LogP contribution in [-0.2, 0) is 11.3 Å². The molecule has 3 nitrogen and oxygen atoms in total. The number of benzene rings is 1. The van der Waals surface area contributed by atoms with Crippen molar-refractivity contribution in [3.8, 4) is 0 Å². The number of piperidine rings is 1. The molecule has 1 aromatic rings. The van der Waals surface area contributed by atoms with E-state index in [1.54, 1.807) is 0 Å². The Labute approximate surface area is 109 Å². The Kier molecular flexibility index (Phi) is 3.90. The van der Waals surface area contributed by atoms with Crippen LogP contribution < -0.4 is 0 Å². The van der Waals surface area contributed by atoms with Crippen LogP contribution in [0.25, 0.3) is 0 Å². The average molecular weight is 247 g/mol. The largest absolute Gasteiger partial charge is 0.445 e. The average Bonchev–Trinajstić information content (AvgIpc) is 2.37. The summed E-state index contributed by atoms with van der Waals surface area (Å²) in [6.45, 7) is 6.47. The normalized spacial score (nSPS) is 18.4. The number of amides is 1. The molecule has 18 heavy (non-hydrogen) atoms. The second kappa shape index (κ2) is 5.42. The van der Waals surface area contributed by atoms with Gasteiger partial charge < -0.3 is 9.64 Å². The predicted molar refractivity (Wildman–Crippen MR) is 71.2 cm³/mol. The second-order valence-electron chi connectivity index (χ2n) is 5.69. The molecule has 98 valence electrons. The molecule has 0 aromatic heterocycles. The van der Waals surface area contributed by atoms with E-state index in [4.69, 9.17) is 4.74 Å². The molecule has 1 saturated heterocycles. The van der Waals surface area contributed by atoms with Crippen LogP contribution in [0.3, 0.4) is 0 Å². The van der Waals surface area contributed by atoms with E-state index in [2.05, 4.69) is 13.8 Å². The zero-order valence-corrected chi connectivity index (χ0v) is 11.2. The highest BCUT2D eigenvalue weighted by Gasteiger charge is 2.28. The van der Waals surface area contributed by atoms with Gasteiger partial charge in [0, 0.05) is 13.1 Å². The summed E-state index contributed by atoms with van der Waals surface area (Å²) in [6.07, 6.45) is 1.91. The molecule has 0 bridgehead atoms. The summed E-state index contributed by atoms with van der Waals surface area (Å²) < 4.78 is 5.32. The van der Waals surface area contributed by atoms with Crippen LogP contribution in [0.2, 0.25) is 0 Å². The Hall–Kier alpha value is -1.51. The van der Waals surface area contributed by atoms with Gasteiger partial charge in [0.2, 0.25) is 0 Å². The molecule has 0 spiro atoms. The van der Waals surface area contributed by atoms with Gasteiger partial charge in [-0.25, -0.2) is 4.79 Å². The number of hydrogen-bond acceptors (Lipinski definition) is 2. The van der Waals surface area contributed by atoms with Crippen molar-refractivity contribution < 1.29 is 9.53 Å². The molecular weight excluding hydrogens is 226 g/mol. The van der Waals surface area contributed by atoms with Crippen LogP contribution in [0.4, 0.5) is 4.79 Å². The molecule has 3 heteroatoms. The van der Waals surface area contributed by atoms with Gasteiger partial charge >= 0.3 is 6.09 Å². The topological polar surface area (TPSA) is 29.5 Å². The lowest BCUT2D eigenvalue weighted by Crippen LogP contribution is -2.41. The summed E-state index contributed by atoms with van der Waals surface area (Å²) in [5.41, 5.74) is 1.39. The molecule has 1 aliphatic rings. The second-order valence-corrected chi connectivity index (χ2v) is 5.69. The Bertz CT molecular complexity index is 390. The van der Waals surface area contributed by atoms with E-state index >= 15 is 0 Å². The first-order valence-electron chi connectivity index (χ1n) is 6.52. The summed E-state index contributed by atoms with van der Waals surface area (Å²) in [6, 6.07) is 9.79. The van der Waals surface area contributed by atoms with E-state index in [-0.39, 0.29) is 6.09 Å². The van der Waals surface area contributed by atoms with Crippen molar-refractivity contribution in [1.29, 1.82) is 0 Å². The molecule has 0 saturated carbocycles. The third-order valence-corrected chi connectivity index (χ3v) is 3.58. The molecular formula is C15H21NO2. The third-order valence-electron chi connectivity index (χ3n) is 3.58. The first-order chi connectivity index (χ1) is 8.57. The van der Waals surface area contributed by atoms with Crippen LogP contribution in [0.5, 0.6) is 0 Å². The molecule has 1 aliphatic heterocycles. The Balaban J connectivity index is 1.79. The number of carbonyl (C=O) groups excluding carboxylic acids is 1. The molecule has 2 rings (SSSR count). The van der Waals surface area contributed by atoms with Crippen molar-refractivity contribution in [3.63, 3.8) is 0 Å². The first kappa shape index (κ1) is 12.9. The zero-order valence-electron chi connectivity index (χ0n) is 11.2. The number of likely N-dealkylation sites (tertiary alicyclic amines) is 1. The molecule has 0 N–H and O–H groups in total. The minimum absolute atomic E-state index is 0.186. The number of rotatable bonds is 2. The van der Waals surface area contributed by atoms with Gasteiger partial charge in [-0.3, -0.25) is 0 Å². The monoisotopic (exact) mass is 247 g/mol. The summed E-state index contributed by atoms with van der Waals surface area (Å²) in [4.78, 5) is 13.7. The Morgan fingerprint density at radius 3 is 2.44 bits per heavy atom. The fourth-order valence-electron chi connectivity index (χ4n) is 2.11. The SMILES string of the molecule is CC1(C)CCN(C(=O)OCc2ccccc2)CC1. The van der Waals surface area contributed by atoms with Gasteiger partial charge in [-0.2, -0.15) is 0 Å². The summed E-state index contributed by atoms with van der Waals surface area (Å²) in [7, 11) is 0. The minimum Gasteiger partial charge on any atom is -0.445 e. The first-order valence-corrected chi connectivity index (χ1v) is 6.52. The lowest BCUT2D eigenvalue weighted by atomic mass is 9.83. The highest BCUT2D eigenvalue weighted by Crippen LogP contribution is 2.29. The van der Waals surface area contributed by atoms with Gasteiger partial charge in [-0.15, -0.1) is 0 Å². The molecule has 0 aliphatic carbocycles. The molecule has 0 radical (unpaired) electrons. The molecule has 1 heterocycles. The van der Waals surface area contributed by atoms with Crippen molar-refractivity contribution in [2.75, 3.05) is 13.1 Å². The summed E-state index contributed by atoms with van der Waals surface area (Å²) in [5, 5.41) is 0. The van der Waals surface area contributed by atoms with E-state index in [1.807, 2.05) is 35.2 Å². The van der Waals surface area contributed by atoms with Gasteiger partial charge in [-0.1, -0.05) is 44.2 Å². The highest BCUT2D eigenvalue weighted by molar-refractivity contribution is 5.67. The molecule has 0 unspecified atom stereocenters. The molecule has 1 aromatic carbocycles. The van der Waals surface area contributed by atoms with E-state index in [1.165, 1.54) is 0 Å². The maximum absolute atomic E-state index is 11.9. The maximum atomic E-state index is 11.9. The van der Waals surface area contributed by atoms with E-state index < -0.39 is 0 Å². The predicted octanol–water partition coefficient (Wildman–Crippen LogP) is 3.45. The number of carbonyl (C=O) groups is 1. The smallest absolute Gasteiger partial charge is 0.410 e. The van der Waals surface area contributed by atoms with Crippen LogP contribution in [0.1, 0.15) is 32.3 Å². The van der Waals surface area contributed by atoms with Crippen LogP contribution in [0.15, 0.2) is 30.3 Å². The van der Waals surface area contributed by atoms with Gasteiger partial charge in [-0.05, 0) is 23.8 Å². The van der Waals surface area contributed by atoms with Gasteiger partial charge in [0.1, 0.15) is 6.61 Å². The summed E-state index contributed by atoms with van der Waals surface area (Å²) in [5.74, 6) is 0.